The summed E-state index contributed by atoms with van der Waals surface area (Å²) < 4.78 is 0. The lowest BCUT2D eigenvalue weighted by Crippen LogP contribution is -2.26. The smallest absolute Gasteiger partial charge is 0.202 e. The first-order chi connectivity index (χ1) is 3.80. The van der Waals surface area contributed by atoms with Gasteiger partial charge in [0.15, 0.2) is 0 Å². The Balaban J connectivity index is 2.35. The van der Waals surface area contributed by atoms with Crippen LogP contribution < -0.4 is 5.32 Å². The van der Waals surface area contributed by atoms with Crippen molar-refractivity contribution in [3.63, 3.8) is 0 Å². The maximum Gasteiger partial charge on any atom is 0.202 e. The summed E-state index contributed by atoms with van der Waals surface area (Å²) in [4.78, 5) is 10.4. The Hall–Kier alpha value is -0.0200. The predicted octanol–water partition coefficient (Wildman–Crippen LogP) is 0.195. The molecular formula is C5H9NOS. The van der Waals surface area contributed by atoms with Crippen molar-refractivity contribution in [2.45, 2.75) is 18.9 Å². The van der Waals surface area contributed by atoms with Gasteiger partial charge in [-0.3, -0.25) is 4.79 Å². The van der Waals surface area contributed by atoms with E-state index in [9.17, 15) is 4.79 Å². The third kappa shape index (κ3) is 1.23. The second-order valence-electron chi connectivity index (χ2n) is 1.99. The minimum Gasteiger partial charge on any atom is -0.307 e. The molecule has 1 aliphatic heterocycles. The summed E-state index contributed by atoms with van der Waals surface area (Å²) in [6.07, 6.45) is 2.07. The highest BCUT2D eigenvalue weighted by atomic mass is 32.1. The predicted molar refractivity (Wildman–Crippen MR) is 35.0 cm³/mol. The van der Waals surface area contributed by atoms with Crippen LogP contribution in [0.15, 0.2) is 0 Å². The first-order valence-corrected chi connectivity index (χ1v) is 3.21. The maximum atomic E-state index is 10.4. The van der Waals surface area contributed by atoms with Crippen molar-refractivity contribution in [3.8, 4) is 0 Å². The van der Waals surface area contributed by atoms with Crippen molar-refractivity contribution in [1.29, 1.82) is 0 Å². The lowest BCUT2D eigenvalue weighted by Gasteiger charge is -2.00. The molecule has 0 unspecified atom stereocenters. The summed E-state index contributed by atoms with van der Waals surface area (Å²) in [5, 5.41) is 3.00. The van der Waals surface area contributed by atoms with Gasteiger partial charge in [0.2, 0.25) is 5.12 Å². The number of hydrogen-bond donors (Lipinski definition) is 2. The molecule has 0 saturated carbocycles. The minimum atomic E-state index is -0.0255. The molecule has 1 rings (SSSR count). The lowest BCUT2D eigenvalue weighted by molar-refractivity contribution is -0.112. The van der Waals surface area contributed by atoms with Gasteiger partial charge in [0.1, 0.15) is 0 Å². The molecule has 1 saturated heterocycles. The maximum absolute atomic E-state index is 10.4. The number of carbonyl (C=O) groups excluding carboxylic acids is 1. The van der Waals surface area contributed by atoms with Crippen molar-refractivity contribution in [2.75, 3.05) is 6.54 Å². The number of thiol groups is 1. The molecule has 1 fully saturated rings. The molecule has 0 aliphatic carbocycles. The molecule has 0 aromatic carbocycles. The highest BCUT2D eigenvalue weighted by Gasteiger charge is 2.18. The van der Waals surface area contributed by atoms with Gasteiger partial charge in [0.05, 0.1) is 6.04 Å². The van der Waals surface area contributed by atoms with E-state index in [0.29, 0.717) is 0 Å². The van der Waals surface area contributed by atoms with Gasteiger partial charge >= 0.3 is 0 Å². The van der Waals surface area contributed by atoms with Gasteiger partial charge in [0.25, 0.3) is 0 Å². The fraction of sp³-hybridized carbons (Fsp3) is 0.800. The Morgan fingerprint density at radius 3 is 2.75 bits per heavy atom. The van der Waals surface area contributed by atoms with Crippen molar-refractivity contribution >= 4 is 17.7 Å². The van der Waals surface area contributed by atoms with Gasteiger partial charge in [0, 0.05) is 0 Å². The Morgan fingerprint density at radius 2 is 2.50 bits per heavy atom. The van der Waals surface area contributed by atoms with Gasteiger partial charge in [-0.1, -0.05) is 0 Å². The van der Waals surface area contributed by atoms with Crippen LogP contribution in [0, 0.1) is 0 Å². The fourth-order valence-corrected chi connectivity index (χ4v) is 1.12. The topological polar surface area (TPSA) is 29.1 Å². The van der Waals surface area contributed by atoms with Crippen molar-refractivity contribution in [3.05, 3.63) is 0 Å². The van der Waals surface area contributed by atoms with E-state index in [1.54, 1.807) is 0 Å². The summed E-state index contributed by atoms with van der Waals surface area (Å²) in [5.74, 6) is 0. The molecule has 0 radical (unpaired) electrons. The van der Waals surface area contributed by atoms with Gasteiger partial charge in [-0.2, -0.15) is 0 Å². The second-order valence-corrected chi connectivity index (χ2v) is 2.43. The van der Waals surface area contributed by atoms with Crippen LogP contribution in [0.1, 0.15) is 12.8 Å². The highest BCUT2D eigenvalue weighted by Crippen LogP contribution is 2.06. The van der Waals surface area contributed by atoms with Crippen LogP contribution in [-0.4, -0.2) is 17.7 Å². The number of hydrogen-bond acceptors (Lipinski definition) is 2. The molecule has 2 nitrogen and oxygen atoms in total. The van der Waals surface area contributed by atoms with E-state index in [0.717, 1.165) is 19.4 Å². The average molecular weight is 131 g/mol. The standard InChI is InChI=1S/C5H9NOS/c7-5(8)4-2-1-3-6-4/h4,6H,1-3H2,(H,7,8)/t4-/m1/s1. The highest BCUT2D eigenvalue weighted by molar-refractivity contribution is 7.96. The number of rotatable bonds is 1. The second kappa shape index (κ2) is 2.51. The van der Waals surface area contributed by atoms with E-state index in [2.05, 4.69) is 17.9 Å². The zero-order chi connectivity index (χ0) is 5.98. The normalized spacial score (nSPS) is 28.4. The minimum absolute atomic E-state index is 0.0255. The number of carbonyl (C=O) groups is 1. The molecule has 3 heteroatoms. The fourth-order valence-electron chi connectivity index (χ4n) is 0.895. The van der Waals surface area contributed by atoms with Crippen molar-refractivity contribution < 1.29 is 4.79 Å². The molecule has 46 valence electrons. The van der Waals surface area contributed by atoms with Crippen LogP contribution in [0.3, 0.4) is 0 Å². The van der Waals surface area contributed by atoms with Gasteiger partial charge in [-0.15, -0.1) is 12.6 Å². The largest absolute Gasteiger partial charge is 0.307 e. The SMILES string of the molecule is O=C(S)[C@H]1CCCN1. The molecule has 0 aromatic rings. The first kappa shape index (κ1) is 6.11. The lowest BCUT2D eigenvalue weighted by atomic mass is 10.2. The zero-order valence-electron chi connectivity index (χ0n) is 4.55. The Morgan fingerprint density at radius 1 is 1.75 bits per heavy atom. The summed E-state index contributed by atoms with van der Waals surface area (Å²) in [5.41, 5.74) is 0. The summed E-state index contributed by atoms with van der Waals surface area (Å²) in [7, 11) is 0. The van der Waals surface area contributed by atoms with E-state index >= 15 is 0 Å². The van der Waals surface area contributed by atoms with E-state index in [1.807, 2.05) is 0 Å². The van der Waals surface area contributed by atoms with E-state index < -0.39 is 0 Å². The number of nitrogens with one attached hydrogen (secondary N) is 1. The molecule has 1 N–H and O–H groups in total. The average Bonchev–Trinajstić information content (AvgIpc) is 2.12. The monoisotopic (exact) mass is 131 g/mol. The third-order valence-corrected chi connectivity index (χ3v) is 1.67. The van der Waals surface area contributed by atoms with Gasteiger partial charge in [-0.05, 0) is 19.4 Å². The zero-order valence-corrected chi connectivity index (χ0v) is 5.45. The van der Waals surface area contributed by atoms with Crippen molar-refractivity contribution in [1.82, 2.24) is 5.32 Å². The van der Waals surface area contributed by atoms with E-state index in [-0.39, 0.29) is 11.2 Å². The van der Waals surface area contributed by atoms with Gasteiger partial charge in [-0.25, -0.2) is 0 Å². The molecule has 0 aromatic heterocycles. The molecule has 0 bridgehead atoms. The summed E-state index contributed by atoms with van der Waals surface area (Å²) in [6, 6.07) is 0.0401. The van der Waals surface area contributed by atoms with Gasteiger partial charge < -0.3 is 5.32 Å². The van der Waals surface area contributed by atoms with E-state index in [1.165, 1.54) is 0 Å². The van der Waals surface area contributed by atoms with Crippen LogP contribution in [0.5, 0.6) is 0 Å². The first-order valence-electron chi connectivity index (χ1n) is 2.77. The third-order valence-electron chi connectivity index (χ3n) is 1.36. The molecule has 1 heterocycles. The van der Waals surface area contributed by atoms with Crippen LogP contribution in [0.25, 0.3) is 0 Å². The molecule has 0 spiro atoms. The van der Waals surface area contributed by atoms with Crippen LogP contribution >= 0.6 is 12.6 Å². The molecular weight excluding hydrogens is 122 g/mol. The summed E-state index contributed by atoms with van der Waals surface area (Å²) in [6.45, 7) is 0.969. The Labute approximate surface area is 54.1 Å². The molecule has 0 amide bonds. The Bertz CT molecular complexity index is 98.6. The van der Waals surface area contributed by atoms with Crippen molar-refractivity contribution in [2.24, 2.45) is 0 Å². The van der Waals surface area contributed by atoms with Crippen LogP contribution in [-0.2, 0) is 4.79 Å². The Kier molecular flexibility index (Phi) is 1.91. The molecule has 1 atom stereocenters. The molecule has 1 aliphatic rings. The quantitative estimate of drug-likeness (QED) is 0.498. The van der Waals surface area contributed by atoms with Crippen LogP contribution in [0.4, 0.5) is 0 Å². The summed E-state index contributed by atoms with van der Waals surface area (Å²) >= 11 is 3.69. The van der Waals surface area contributed by atoms with E-state index in [4.69, 9.17) is 0 Å². The van der Waals surface area contributed by atoms with Crippen LogP contribution in [0.2, 0.25) is 0 Å². The molecule has 8 heavy (non-hydrogen) atoms.